The molecule has 1 saturated carbocycles. The van der Waals surface area contributed by atoms with Crippen molar-refractivity contribution < 1.29 is 4.74 Å². The summed E-state index contributed by atoms with van der Waals surface area (Å²) in [5.41, 5.74) is 2.11. The first-order valence-corrected chi connectivity index (χ1v) is 4.97. The highest BCUT2D eigenvalue weighted by Crippen LogP contribution is 2.43. The van der Waals surface area contributed by atoms with Gasteiger partial charge in [-0.25, -0.2) is 0 Å². The molecule has 70 valence electrons. The van der Waals surface area contributed by atoms with Crippen LogP contribution in [0.3, 0.4) is 0 Å². The Hall–Kier alpha value is -0.760. The fourth-order valence-electron chi connectivity index (χ4n) is 1.44. The quantitative estimate of drug-likeness (QED) is 0.696. The lowest BCUT2D eigenvalue weighted by Crippen LogP contribution is -1.94. The molecule has 1 aromatic rings. The maximum Gasteiger partial charge on any atom is 0.125 e. The zero-order chi connectivity index (χ0) is 9.26. The Labute approximate surface area is 82.9 Å². The maximum absolute atomic E-state index is 5.69. The zero-order valence-electron chi connectivity index (χ0n) is 7.59. The van der Waals surface area contributed by atoms with E-state index >= 15 is 0 Å². The Bertz CT molecular complexity index is 310. The van der Waals surface area contributed by atoms with E-state index in [0.29, 0.717) is 11.8 Å². The summed E-state index contributed by atoms with van der Waals surface area (Å²) in [6, 6.07) is 1.93. The molecule has 0 radical (unpaired) electrons. The maximum atomic E-state index is 5.69. The molecule has 2 rings (SSSR count). The van der Waals surface area contributed by atoms with Gasteiger partial charge in [-0.05, 0) is 18.8 Å². The zero-order valence-corrected chi connectivity index (χ0v) is 8.34. The number of aromatic nitrogens is 1. The van der Waals surface area contributed by atoms with Crippen molar-refractivity contribution in [3.63, 3.8) is 0 Å². The summed E-state index contributed by atoms with van der Waals surface area (Å²) in [6.45, 7) is 0. The minimum absolute atomic E-state index is 0.446. The van der Waals surface area contributed by atoms with E-state index in [2.05, 4.69) is 4.98 Å². The highest BCUT2D eigenvalue weighted by atomic mass is 35.5. The van der Waals surface area contributed by atoms with Crippen LogP contribution in [0.25, 0.3) is 0 Å². The van der Waals surface area contributed by atoms with Gasteiger partial charge in [-0.2, -0.15) is 0 Å². The van der Waals surface area contributed by atoms with Crippen LogP contribution in [0.1, 0.15) is 30.0 Å². The normalized spacial score (nSPS) is 15.8. The van der Waals surface area contributed by atoms with Gasteiger partial charge in [0.15, 0.2) is 0 Å². The van der Waals surface area contributed by atoms with Crippen molar-refractivity contribution in [2.24, 2.45) is 0 Å². The van der Waals surface area contributed by atoms with Gasteiger partial charge < -0.3 is 4.74 Å². The summed E-state index contributed by atoms with van der Waals surface area (Å²) in [5, 5.41) is 0. The lowest BCUT2D eigenvalue weighted by molar-refractivity contribution is 0.408. The third-order valence-electron chi connectivity index (χ3n) is 2.33. The molecule has 1 aliphatic rings. The van der Waals surface area contributed by atoms with E-state index < -0.39 is 0 Å². The number of pyridine rings is 1. The van der Waals surface area contributed by atoms with Crippen molar-refractivity contribution in [3.8, 4) is 5.75 Å². The molecule has 1 heterocycles. The van der Waals surface area contributed by atoms with E-state index in [1.165, 1.54) is 18.4 Å². The van der Waals surface area contributed by atoms with Crippen LogP contribution in [0.15, 0.2) is 12.3 Å². The fraction of sp³-hybridized carbons (Fsp3) is 0.500. The van der Waals surface area contributed by atoms with Crippen LogP contribution in [0.5, 0.6) is 5.75 Å². The summed E-state index contributed by atoms with van der Waals surface area (Å²) in [7, 11) is 1.69. The highest BCUT2D eigenvalue weighted by molar-refractivity contribution is 6.16. The van der Waals surface area contributed by atoms with Crippen molar-refractivity contribution in [3.05, 3.63) is 23.5 Å². The van der Waals surface area contributed by atoms with Gasteiger partial charge >= 0.3 is 0 Å². The second-order valence-electron chi connectivity index (χ2n) is 3.33. The van der Waals surface area contributed by atoms with Gasteiger partial charge in [0, 0.05) is 17.8 Å². The monoisotopic (exact) mass is 197 g/mol. The summed E-state index contributed by atoms with van der Waals surface area (Å²) in [5.74, 6) is 2.06. The molecule has 0 spiro atoms. The molecule has 0 unspecified atom stereocenters. The third-order valence-corrected chi connectivity index (χ3v) is 2.60. The van der Waals surface area contributed by atoms with Crippen molar-refractivity contribution in [2.75, 3.05) is 7.11 Å². The number of halogens is 1. The molecule has 3 heteroatoms. The molecule has 0 aliphatic heterocycles. The summed E-state index contributed by atoms with van der Waals surface area (Å²) >= 11 is 5.69. The summed E-state index contributed by atoms with van der Waals surface area (Å²) < 4.78 is 5.29. The molecule has 0 bridgehead atoms. The van der Waals surface area contributed by atoms with Gasteiger partial charge in [0.05, 0.1) is 18.7 Å². The molecule has 0 amide bonds. The topological polar surface area (TPSA) is 22.1 Å². The average molecular weight is 198 g/mol. The van der Waals surface area contributed by atoms with Gasteiger partial charge in [0.2, 0.25) is 0 Å². The van der Waals surface area contributed by atoms with Crippen LogP contribution in [-0.2, 0) is 5.88 Å². The van der Waals surface area contributed by atoms with Gasteiger partial charge in [-0.3, -0.25) is 4.98 Å². The van der Waals surface area contributed by atoms with Crippen LogP contribution in [0.2, 0.25) is 0 Å². The van der Waals surface area contributed by atoms with E-state index in [4.69, 9.17) is 16.3 Å². The Kier molecular flexibility index (Phi) is 2.40. The van der Waals surface area contributed by atoms with Crippen molar-refractivity contribution in [1.29, 1.82) is 0 Å². The predicted molar refractivity (Wildman–Crippen MR) is 52.3 cm³/mol. The van der Waals surface area contributed by atoms with E-state index in [1.807, 2.05) is 12.3 Å². The second kappa shape index (κ2) is 3.54. The van der Waals surface area contributed by atoms with Crippen LogP contribution >= 0.6 is 11.6 Å². The second-order valence-corrected chi connectivity index (χ2v) is 3.59. The lowest BCUT2D eigenvalue weighted by atomic mass is 10.1. The molecular formula is C10H12ClNO. The minimum atomic E-state index is 0.446. The largest absolute Gasteiger partial charge is 0.496 e. The number of hydrogen-bond donors (Lipinski definition) is 0. The molecule has 2 nitrogen and oxygen atoms in total. The third kappa shape index (κ3) is 1.78. The molecular weight excluding hydrogens is 186 g/mol. The van der Waals surface area contributed by atoms with Gasteiger partial charge in [-0.1, -0.05) is 0 Å². The molecule has 1 fully saturated rings. The Morgan fingerprint density at radius 1 is 1.62 bits per heavy atom. The minimum Gasteiger partial charge on any atom is -0.496 e. The first kappa shape index (κ1) is 8.82. The van der Waals surface area contributed by atoms with Crippen molar-refractivity contribution >= 4 is 11.6 Å². The van der Waals surface area contributed by atoms with Gasteiger partial charge in [-0.15, -0.1) is 11.6 Å². The number of nitrogens with zero attached hydrogens (tertiary/aromatic N) is 1. The van der Waals surface area contributed by atoms with E-state index in [9.17, 15) is 0 Å². The first-order chi connectivity index (χ1) is 6.35. The SMILES string of the molecule is COc1cc(CCl)ncc1C1CC1. The van der Waals surface area contributed by atoms with Crippen LogP contribution in [0.4, 0.5) is 0 Å². The van der Waals surface area contributed by atoms with E-state index in [0.717, 1.165) is 11.4 Å². The van der Waals surface area contributed by atoms with Gasteiger partial charge in [0.25, 0.3) is 0 Å². The van der Waals surface area contributed by atoms with Crippen LogP contribution in [-0.4, -0.2) is 12.1 Å². The Balaban J connectivity index is 2.33. The highest BCUT2D eigenvalue weighted by Gasteiger charge is 2.27. The fourth-order valence-corrected chi connectivity index (χ4v) is 1.58. The molecule has 1 aliphatic carbocycles. The van der Waals surface area contributed by atoms with Gasteiger partial charge in [0.1, 0.15) is 5.75 Å². The summed E-state index contributed by atoms with van der Waals surface area (Å²) in [4.78, 5) is 4.26. The first-order valence-electron chi connectivity index (χ1n) is 4.44. The predicted octanol–water partition coefficient (Wildman–Crippen LogP) is 2.71. The summed E-state index contributed by atoms with van der Waals surface area (Å²) in [6.07, 6.45) is 4.42. The molecule has 13 heavy (non-hydrogen) atoms. The van der Waals surface area contributed by atoms with Crippen LogP contribution in [0, 0.1) is 0 Å². The van der Waals surface area contributed by atoms with E-state index in [-0.39, 0.29) is 0 Å². The number of rotatable bonds is 3. The molecule has 0 aromatic carbocycles. The van der Waals surface area contributed by atoms with Crippen molar-refractivity contribution in [1.82, 2.24) is 4.98 Å². The Morgan fingerprint density at radius 3 is 2.92 bits per heavy atom. The van der Waals surface area contributed by atoms with Crippen molar-refractivity contribution in [2.45, 2.75) is 24.6 Å². The number of ether oxygens (including phenoxy) is 1. The van der Waals surface area contributed by atoms with E-state index in [1.54, 1.807) is 7.11 Å². The average Bonchev–Trinajstić information content (AvgIpc) is 3.00. The lowest BCUT2D eigenvalue weighted by Gasteiger charge is -2.07. The smallest absolute Gasteiger partial charge is 0.125 e. The molecule has 1 aromatic heterocycles. The molecule has 0 saturated heterocycles. The standard InChI is InChI=1S/C10H12ClNO/c1-13-10-4-8(5-11)12-6-9(10)7-2-3-7/h4,6-7H,2-3,5H2,1H3. The molecule has 0 N–H and O–H groups in total. The Morgan fingerprint density at radius 2 is 2.38 bits per heavy atom. The number of alkyl halides is 1. The molecule has 0 atom stereocenters. The van der Waals surface area contributed by atoms with Crippen LogP contribution < -0.4 is 4.74 Å². The number of methoxy groups -OCH3 is 1. The number of hydrogen-bond acceptors (Lipinski definition) is 2.